The standard InChI is InChI=1S/C27H28Cl2N6O/c1-3-32-27(26(30)36)12-14-34(15-13-27)25-17(2)16-31-24-22(18-8-10-19(28)11-9-18)23(33-35(24)25)20-6-4-5-7-21(20)29/h4-11,16,32H,3,12-15H2,1-2H3,(H2,30,36). The van der Waals surface area contributed by atoms with Crippen molar-refractivity contribution < 1.29 is 4.79 Å². The Kier molecular flexibility index (Phi) is 6.64. The van der Waals surface area contributed by atoms with Crippen molar-refractivity contribution in [1.82, 2.24) is 19.9 Å². The van der Waals surface area contributed by atoms with E-state index in [0.29, 0.717) is 42.5 Å². The highest BCUT2D eigenvalue weighted by molar-refractivity contribution is 6.33. The maximum Gasteiger partial charge on any atom is 0.237 e. The summed E-state index contributed by atoms with van der Waals surface area (Å²) >= 11 is 12.8. The fourth-order valence-corrected chi connectivity index (χ4v) is 5.47. The first-order valence-electron chi connectivity index (χ1n) is 12.0. The van der Waals surface area contributed by atoms with Crippen LogP contribution in [0.2, 0.25) is 10.0 Å². The van der Waals surface area contributed by atoms with Crippen molar-refractivity contribution >= 4 is 40.6 Å². The van der Waals surface area contributed by atoms with Crippen molar-refractivity contribution in [2.45, 2.75) is 32.2 Å². The molecule has 5 rings (SSSR count). The van der Waals surface area contributed by atoms with Crippen LogP contribution in [0, 0.1) is 6.92 Å². The molecule has 1 aliphatic rings. The SMILES string of the molecule is CCNC1(C(N)=O)CCN(c2c(C)cnc3c(-c4ccc(Cl)cc4)c(-c4ccccc4Cl)nn23)CC1. The summed E-state index contributed by atoms with van der Waals surface area (Å²) in [5, 5.41) is 9.67. The average molecular weight is 523 g/mol. The molecule has 0 unspecified atom stereocenters. The van der Waals surface area contributed by atoms with Crippen LogP contribution in [0.25, 0.3) is 28.0 Å². The van der Waals surface area contributed by atoms with Crippen LogP contribution >= 0.6 is 23.2 Å². The average Bonchev–Trinajstić information content (AvgIpc) is 3.24. The van der Waals surface area contributed by atoms with Gasteiger partial charge in [0, 0.05) is 35.4 Å². The number of amides is 1. The molecule has 3 heterocycles. The third-order valence-corrected chi connectivity index (χ3v) is 7.54. The fourth-order valence-electron chi connectivity index (χ4n) is 5.12. The number of halogens is 2. The molecule has 0 atom stereocenters. The Morgan fingerprint density at radius 3 is 2.44 bits per heavy atom. The minimum Gasteiger partial charge on any atom is -0.368 e. The van der Waals surface area contributed by atoms with Crippen LogP contribution in [0.5, 0.6) is 0 Å². The molecule has 2 aromatic carbocycles. The van der Waals surface area contributed by atoms with Gasteiger partial charge in [-0.2, -0.15) is 9.61 Å². The first kappa shape index (κ1) is 24.6. The number of primary amides is 1. The summed E-state index contributed by atoms with van der Waals surface area (Å²) < 4.78 is 1.91. The number of carbonyl (C=O) groups excluding carboxylic acids is 1. The summed E-state index contributed by atoms with van der Waals surface area (Å²) in [5.41, 5.74) is 10.2. The predicted octanol–water partition coefficient (Wildman–Crippen LogP) is 5.11. The monoisotopic (exact) mass is 522 g/mol. The van der Waals surface area contributed by atoms with Crippen molar-refractivity contribution in [2.75, 3.05) is 24.5 Å². The number of anilines is 1. The van der Waals surface area contributed by atoms with E-state index < -0.39 is 5.54 Å². The summed E-state index contributed by atoms with van der Waals surface area (Å²) in [6.45, 7) is 6.03. The van der Waals surface area contributed by atoms with Crippen molar-refractivity contribution in [2.24, 2.45) is 5.73 Å². The van der Waals surface area contributed by atoms with E-state index in [0.717, 1.165) is 39.4 Å². The van der Waals surface area contributed by atoms with E-state index in [9.17, 15) is 4.79 Å². The van der Waals surface area contributed by atoms with Crippen LogP contribution in [0.1, 0.15) is 25.3 Å². The lowest BCUT2D eigenvalue weighted by Crippen LogP contribution is -2.61. The van der Waals surface area contributed by atoms with Crippen LogP contribution in [-0.2, 0) is 4.79 Å². The maximum atomic E-state index is 12.3. The van der Waals surface area contributed by atoms with Crippen LogP contribution < -0.4 is 16.0 Å². The lowest BCUT2D eigenvalue weighted by Gasteiger charge is -2.41. The molecule has 186 valence electrons. The third-order valence-electron chi connectivity index (χ3n) is 6.96. The van der Waals surface area contributed by atoms with Gasteiger partial charge in [0.05, 0.1) is 10.6 Å². The van der Waals surface area contributed by atoms with Gasteiger partial charge in [-0.15, -0.1) is 0 Å². The number of aryl methyl sites for hydroxylation is 1. The Morgan fingerprint density at radius 2 is 1.81 bits per heavy atom. The number of nitrogens with zero attached hydrogens (tertiary/aromatic N) is 4. The molecule has 0 spiro atoms. The van der Waals surface area contributed by atoms with E-state index in [-0.39, 0.29) is 5.91 Å². The number of carbonyl (C=O) groups is 1. The highest BCUT2D eigenvalue weighted by atomic mass is 35.5. The third kappa shape index (κ3) is 4.21. The fraction of sp³-hybridized carbons (Fsp3) is 0.296. The second-order valence-corrected chi connectivity index (χ2v) is 10.0. The molecule has 0 aliphatic carbocycles. The van der Waals surface area contributed by atoms with E-state index in [1.165, 1.54) is 0 Å². The van der Waals surface area contributed by atoms with Gasteiger partial charge in [-0.1, -0.05) is 60.5 Å². The Balaban J connectivity index is 1.67. The highest BCUT2D eigenvalue weighted by Crippen LogP contribution is 2.40. The van der Waals surface area contributed by atoms with E-state index in [2.05, 4.69) is 10.2 Å². The molecule has 1 aliphatic heterocycles. The van der Waals surface area contributed by atoms with Gasteiger partial charge >= 0.3 is 0 Å². The number of hydrogen-bond donors (Lipinski definition) is 2. The number of nitrogens with one attached hydrogen (secondary N) is 1. The maximum absolute atomic E-state index is 12.3. The summed E-state index contributed by atoms with van der Waals surface area (Å²) in [7, 11) is 0. The molecule has 7 nitrogen and oxygen atoms in total. The van der Waals surface area contributed by atoms with Gasteiger partial charge in [-0.25, -0.2) is 4.98 Å². The molecule has 36 heavy (non-hydrogen) atoms. The molecular formula is C27H28Cl2N6O. The van der Waals surface area contributed by atoms with Gasteiger partial charge in [0.1, 0.15) is 17.1 Å². The van der Waals surface area contributed by atoms with Gasteiger partial charge in [0.25, 0.3) is 0 Å². The van der Waals surface area contributed by atoms with Gasteiger partial charge in [-0.05, 0) is 50.1 Å². The van der Waals surface area contributed by atoms with E-state index in [1.54, 1.807) is 0 Å². The molecule has 9 heteroatoms. The number of piperidine rings is 1. The molecule has 0 saturated carbocycles. The van der Waals surface area contributed by atoms with E-state index in [4.69, 9.17) is 39.0 Å². The molecule has 2 aromatic heterocycles. The highest BCUT2D eigenvalue weighted by Gasteiger charge is 2.40. The van der Waals surface area contributed by atoms with E-state index in [1.807, 2.05) is 73.1 Å². The minimum atomic E-state index is -0.688. The smallest absolute Gasteiger partial charge is 0.237 e. The van der Waals surface area contributed by atoms with Crippen molar-refractivity contribution in [1.29, 1.82) is 0 Å². The quantitative estimate of drug-likeness (QED) is 0.367. The summed E-state index contributed by atoms with van der Waals surface area (Å²) in [6, 6.07) is 15.3. The largest absolute Gasteiger partial charge is 0.368 e. The van der Waals surface area contributed by atoms with Crippen LogP contribution in [0.4, 0.5) is 5.82 Å². The van der Waals surface area contributed by atoms with Gasteiger partial charge in [0.15, 0.2) is 5.65 Å². The molecule has 1 saturated heterocycles. The van der Waals surface area contributed by atoms with Crippen LogP contribution in [0.15, 0.2) is 54.7 Å². The topological polar surface area (TPSA) is 88.5 Å². The Morgan fingerprint density at radius 1 is 1.11 bits per heavy atom. The molecule has 1 fully saturated rings. The Bertz CT molecular complexity index is 1420. The first-order chi connectivity index (χ1) is 17.3. The van der Waals surface area contributed by atoms with Crippen LogP contribution in [0.3, 0.4) is 0 Å². The molecule has 1 amide bonds. The normalized spacial score (nSPS) is 15.4. The first-order valence-corrected chi connectivity index (χ1v) is 12.8. The second kappa shape index (κ2) is 9.73. The lowest BCUT2D eigenvalue weighted by molar-refractivity contribution is -0.125. The molecule has 3 N–H and O–H groups in total. The van der Waals surface area contributed by atoms with Gasteiger partial charge in [-0.3, -0.25) is 4.79 Å². The molecule has 4 aromatic rings. The van der Waals surface area contributed by atoms with Gasteiger partial charge < -0.3 is 16.0 Å². The molecule has 0 bridgehead atoms. The zero-order chi connectivity index (χ0) is 25.4. The minimum absolute atomic E-state index is 0.300. The summed E-state index contributed by atoms with van der Waals surface area (Å²) in [4.78, 5) is 19.4. The number of aromatic nitrogens is 3. The number of likely N-dealkylation sites (N-methyl/N-ethyl adjacent to an activating group) is 1. The number of rotatable bonds is 6. The van der Waals surface area contributed by atoms with E-state index >= 15 is 0 Å². The lowest BCUT2D eigenvalue weighted by atomic mass is 9.86. The zero-order valence-corrected chi connectivity index (χ0v) is 21.8. The number of fused-ring (bicyclic) bond motifs is 1. The summed E-state index contributed by atoms with van der Waals surface area (Å²) in [6.07, 6.45) is 3.10. The number of nitrogens with two attached hydrogens (primary N) is 1. The van der Waals surface area contributed by atoms with Crippen molar-refractivity contribution in [3.63, 3.8) is 0 Å². The number of hydrogen-bond acceptors (Lipinski definition) is 5. The summed E-state index contributed by atoms with van der Waals surface area (Å²) in [5.74, 6) is 0.647. The van der Waals surface area contributed by atoms with Crippen LogP contribution in [-0.4, -0.2) is 45.7 Å². The Hall–Kier alpha value is -3.13. The number of benzene rings is 2. The Labute approximate surface area is 220 Å². The second-order valence-electron chi connectivity index (χ2n) is 9.17. The van der Waals surface area contributed by atoms with Crippen molar-refractivity contribution in [3.05, 3.63) is 70.3 Å². The predicted molar refractivity (Wildman–Crippen MR) is 146 cm³/mol. The molecule has 0 radical (unpaired) electrons. The van der Waals surface area contributed by atoms with Gasteiger partial charge in [0.2, 0.25) is 5.91 Å². The molecular weight excluding hydrogens is 495 g/mol. The zero-order valence-electron chi connectivity index (χ0n) is 20.3. The van der Waals surface area contributed by atoms with Crippen molar-refractivity contribution in [3.8, 4) is 22.4 Å².